The number of alkyl halides is 3. The number of ether oxygens (including phenoxy) is 2. The number of nitrogens with one attached hydrogen (secondary N) is 1. The number of nitrogens with zero attached hydrogens (tertiary/aromatic N) is 1. The van der Waals surface area contributed by atoms with E-state index >= 15 is 0 Å². The minimum absolute atomic E-state index is 0.119. The van der Waals surface area contributed by atoms with Gasteiger partial charge >= 0.3 is 24.2 Å². The molecule has 1 aromatic rings. The van der Waals surface area contributed by atoms with E-state index in [9.17, 15) is 27.6 Å². The highest BCUT2D eigenvalue weighted by molar-refractivity contribution is 5.82. The molecule has 0 fully saturated rings. The predicted octanol–water partition coefficient (Wildman–Crippen LogP) is 8.21. The molecule has 1 aromatic carbocycles. The highest BCUT2D eigenvalue weighted by atomic mass is 19.4. The summed E-state index contributed by atoms with van der Waals surface area (Å²) in [5, 5.41) is 6.05. The van der Waals surface area contributed by atoms with Gasteiger partial charge in [-0.1, -0.05) is 70.1 Å². The third kappa shape index (κ3) is 19.9. The fourth-order valence-corrected chi connectivity index (χ4v) is 2.36. The first-order valence-corrected chi connectivity index (χ1v) is 14.3. The molecule has 42 heavy (non-hydrogen) atoms. The van der Waals surface area contributed by atoms with Crippen LogP contribution in [-0.4, -0.2) is 49.7 Å². The van der Waals surface area contributed by atoms with Gasteiger partial charge in [0.05, 0.1) is 23.1 Å². The van der Waals surface area contributed by atoms with Crippen molar-refractivity contribution in [3.63, 3.8) is 0 Å². The van der Waals surface area contributed by atoms with Gasteiger partial charge in [-0.15, -0.1) is 0 Å². The average Bonchev–Trinajstić information content (AvgIpc) is 2.96. The SMILES string of the molecule is CC/C(C)=N\OC(=O)NCCOC(=O)C(C)(C)CC.CCC(C)(C)C(=O)OCC(F)(F)F.CCC(C)c1ccccc1. The van der Waals surface area contributed by atoms with Crippen LogP contribution in [0.2, 0.25) is 0 Å². The second kappa shape index (κ2) is 20.7. The van der Waals surface area contributed by atoms with Gasteiger partial charge in [-0.2, -0.15) is 13.2 Å². The van der Waals surface area contributed by atoms with Crippen LogP contribution >= 0.6 is 0 Å². The summed E-state index contributed by atoms with van der Waals surface area (Å²) in [6.07, 6.45) is -2.00. The van der Waals surface area contributed by atoms with Crippen molar-refractivity contribution in [3.8, 4) is 0 Å². The summed E-state index contributed by atoms with van der Waals surface area (Å²) in [4.78, 5) is 38.4. The second-order valence-corrected chi connectivity index (χ2v) is 11.0. The third-order valence-corrected chi connectivity index (χ3v) is 6.62. The molecule has 0 aliphatic heterocycles. The van der Waals surface area contributed by atoms with Crippen LogP contribution in [0, 0.1) is 10.8 Å². The van der Waals surface area contributed by atoms with Crippen LogP contribution in [0.3, 0.4) is 0 Å². The molecule has 1 N–H and O–H groups in total. The third-order valence-electron chi connectivity index (χ3n) is 6.62. The Bertz CT molecular complexity index is 948. The first kappa shape index (κ1) is 41.0. The molecule has 242 valence electrons. The van der Waals surface area contributed by atoms with Crippen LogP contribution in [0.5, 0.6) is 0 Å². The summed E-state index contributed by atoms with van der Waals surface area (Å²) in [5.41, 5.74) is 0.838. The zero-order valence-electron chi connectivity index (χ0n) is 26.9. The number of amides is 1. The molecule has 1 amide bonds. The maximum atomic E-state index is 11.6. The molecule has 0 bridgehead atoms. The molecule has 1 rings (SSSR count). The van der Waals surface area contributed by atoms with Crippen molar-refractivity contribution in [2.75, 3.05) is 19.8 Å². The lowest BCUT2D eigenvalue weighted by molar-refractivity contribution is -0.192. The van der Waals surface area contributed by atoms with Crippen molar-refractivity contribution < 1.29 is 41.9 Å². The van der Waals surface area contributed by atoms with Crippen LogP contribution in [0.15, 0.2) is 35.5 Å². The smallest absolute Gasteiger partial charge is 0.433 e. The van der Waals surface area contributed by atoms with Crippen molar-refractivity contribution in [2.24, 2.45) is 16.0 Å². The Kier molecular flexibility index (Phi) is 20.2. The Hall–Kier alpha value is -3.11. The summed E-state index contributed by atoms with van der Waals surface area (Å²) in [5.74, 6) is -0.376. The molecule has 1 atom stereocenters. The molecule has 0 saturated carbocycles. The summed E-state index contributed by atoms with van der Waals surface area (Å²) in [7, 11) is 0. The molecular weight excluding hydrogens is 553 g/mol. The van der Waals surface area contributed by atoms with Crippen molar-refractivity contribution >= 4 is 23.7 Å². The van der Waals surface area contributed by atoms with Gasteiger partial charge in [-0.25, -0.2) is 4.79 Å². The fraction of sp³-hybridized carbons (Fsp3) is 0.677. The number of hydrogen-bond donors (Lipinski definition) is 1. The molecule has 11 heteroatoms. The van der Waals surface area contributed by atoms with Crippen LogP contribution in [0.1, 0.15) is 106 Å². The normalized spacial score (nSPS) is 12.5. The molecule has 0 saturated heterocycles. The van der Waals surface area contributed by atoms with Gasteiger partial charge < -0.3 is 14.8 Å². The molecule has 0 radical (unpaired) electrons. The first-order valence-electron chi connectivity index (χ1n) is 14.3. The topological polar surface area (TPSA) is 103 Å². The summed E-state index contributed by atoms with van der Waals surface area (Å²) in [6, 6.07) is 10.6. The highest BCUT2D eigenvalue weighted by Gasteiger charge is 2.34. The lowest BCUT2D eigenvalue weighted by Crippen LogP contribution is -2.31. The molecule has 0 spiro atoms. The maximum Gasteiger partial charge on any atom is 0.433 e. The predicted molar refractivity (Wildman–Crippen MR) is 159 cm³/mol. The quantitative estimate of drug-likeness (QED) is 0.0848. The van der Waals surface area contributed by atoms with Gasteiger partial charge in [0, 0.05) is 0 Å². The monoisotopic (exact) mass is 604 g/mol. The lowest BCUT2D eigenvalue weighted by atomic mass is 9.91. The fourth-order valence-electron chi connectivity index (χ4n) is 2.36. The maximum absolute atomic E-state index is 11.6. The Balaban J connectivity index is 0. The standard InChI is InChI=1S/C13H24N2O4.C10H14.C8H13F3O2/c1-6-10(3)15-19-12(17)14-8-9-18-11(16)13(4,5)7-2;1-3-9(2)10-7-5-4-6-8-10;1-4-7(2,3)6(12)13-5-8(9,10)11/h6-9H2,1-5H3,(H,14,17);4-9H,3H2,1-2H3;4-5H2,1-3H3/b15-10-;;. The number of carbonyl (C=O) groups excluding carboxylic acids is 3. The molecule has 1 unspecified atom stereocenters. The zero-order chi connectivity index (χ0) is 33.0. The number of carbonyl (C=O) groups is 3. The van der Waals surface area contributed by atoms with Gasteiger partial charge in [0.25, 0.3) is 0 Å². The van der Waals surface area contributed by atoms with Crippen molar-refractivity contribution in [1.82, 2.24) is 5.32 Å². The van der Waals surface area contributed by atoms with Crippen molar-refractivity contribution in [2.45, 2.75) is 107 Å². The van der Waals surface area contributed by atoms with E-state index in [0.717, 1.165) is 12.1 Å². The number of oxime groups is 1. The van der Waals surface area contributed by atoms with E-state index in [4.69, 9.17) is 4.74 Å². The Morgan fingerprint density at radius 2 is 1.38 bits per heavy atom. The number of rotatable bonds is 12. The van der Waals surface area contributed by atoms with Gasteiger partial charge in [-0.3, -0.25) is 14.4 Å². The minimum atomic E-state index is -4.44. The summed E-state index contributed by atoms with van der Waals surface area (Å²) in [6.45, 7) is 17.3. The van der Waals surface area contributed by atoms with E-state index in [0.29, 0.717) is 18.8 Å². The van der Waals surface area contributed by atoms with E-state index in [1.54, 1.807) is 27.7 Å². The van der Waals surface area contributed by atoms with Crippen molar-refractivity contribution in [1.29, 1.82) is 0 Å². The van der Waals surface area contributed by atoms with Gasteiger partial charge in [-0.05, 0) is 71.8 Å². The minimum Gasteiger partial charge on any atom is -0.463 e. The number of benzene rings is 1. The van der Waals surface area contributed by atoms with Crippen LogP contribution in [0.4, 0.5) is 18.0 Å². The molecular formula is C31H51F3N2O6. The van der Waals surface area contributed by atoms with Crippen molar-refractivity contribution in [3.05, 3.63) is 35.9 Å². The Morgan fingerprint density at radius 3 is 1.81 bits per heavy atom. The second-order valence-electron chi connectivity index (χ2n) is 11.0. The van der Waals surface area contributed by atoms with E-state index in [1.165, 1.54) is 12.0 Å². The molecule has 0 aliphatic rings. The highest BCUT2D eigenvalue weighted by Crippen LogP contribution is 2.24. The Morgan fingerprint density at radius 1 is 0.881 bits per heavy atom. The van der Waals surface area contributed by atoms with E-state index in [1.807, 2.05) is 27.7 Å². The molecule has 0 heterocycles. The summed E-state index contributed by atoms with van der Waals surface area (Å²) < 4.78 is 44.0. The lowest BCUT2D eigenvalue weighted by Gasteiger charge is -2.20. The largest absolute Gasteiger partial charge is 0.463 e. The van der Waals surface area contributed by atoms with Crippen LogP contribution < -0.4 is 5.32 Å². The number of esters is 2. The van der Waals surface area contributed by atoms with Crippen LogP contribution in [0.25, 0.3) is 0 Å². The van der Waals surface area contributed by atoms with Gasteiger partial charge in [0.2, 0.25) is 0 Å². The Labute approximate surface area is 249 Å². The van der Waals surface area contributed by atoms with E-state index in [2.05, 4.69) is 64.2 Å². The van der Waals surface area contributed by atoms with Crippen LogP contribution in [-0.2, 0) is 23.9 Å². The number of hydrogen-bond acceptors (Lipinski definition) is 7. The molecule has 0 aromatic heterocycles. The van der Waals surface area contributed by atoms with E-state index in [-0.39, 0.29) is 19.1 Å². The van der Waals surface area contributed by atoms with Gasteiger partial charge in [0.15, 0.2) is 6.61 Å². The number of halogens is 3. The van der Waals surface area contributed by atoms with Gasteiger partial charge in [0.1, 0.15) is 6.61 Å². The molecule has 0 aliphatic carbocycles. The van der Waals surface area contributed by atoms with E-state index < -0.39 is 35.7 Å². The zero-order valence-corrected chi connectivity index (χ0v) is 26.9. The average molecular weight is 605 g/mol. The molecule has 8 nitrogen and oxygen atoms in total. The summed E-state index contributed by atoms with van der Waals surface area (Å²) >= 11 is 0. The first-order chi connectivity index (χ1) is 19.4.